The Balaban J connectivity index is 1.74. The standard InChI is InChI=1S/C16H22F2N2/c1-2-7-19-11-8-12-3-4-13(9-11)20(12)14-5-6-15(17)16(18)10-14/h5-6,10-13,19H,2-4,7-9H2,1H3. The molecule has 2 aliphatic heterocycles. The van der Waals surface area contributed by atoms with Crippen LogP contribution in [0.25, 0.3) is 0 Å². The van der Waals surface area contributed by atoms with Crippen molar-refractivity contribution in [3.63, 3.8) is 0 Å². The third-order valence-electron chi connectivity index (χ3n) is 4.62. The molecule has 2 bridgehead atoms. The van der Waals surface area contributed by atoms with E-state index in [2.05, 4.69) is 17.1 Å². The number of halogens is 2. The van der Waals surface area contributed by atoms with Crippen LogP contribution < -0.4 is 10.2 Å². The zero-order valence-corrected chi connectivity index (χ0v) is 11.9. The molecule has 2 unspecified atom stereocenters. The molecule has 0 saturated carbocycles. The van der Waals surface area contributed by atoms with Crippen molar-refractivity contribution in [3.8, 4) is 0 Å². The maximum Gasteiger partial charge on any atom is 0.160 e. The third-order valence-corrected chi connectivity index (χ3v) is 4.62. The van der Waals surface area contributed by atoms with E-state index < -0.39 is 11.6 Å². The lowest BCUT2D eigenvalue weighted by Gasteiger charge is -2.41. The number of nitrogens with zero attached hydrogens (tertiary/aromatic N) is 1. The normalized spacial score (nSPS) is 28.9. The van der Waals surface area contributed by atoms with Crippen molar-refractivity contribution >= 4 is 5.69 Å². The summed E-state index contributed by atoms with van der Waals surface area (Å²) in [4.78, 5) is 2.31. The molecule has 1 aromatic carbocycles. The molecule has 4 heteroatoms. The highest BCUT2D eigenvalue weighted by Crippen LogP contribution is 2.39. The Kier molecular flexibility index (Phi) is 3.92. The second kappa shape index (κ2) is 5.68. The summed E-state index contributed by atoms with van der Waals surface area (Å²) in [5.41, 5.74) is 0.838. The van der Waals surface area contributed by atoms with Gasteiger partial charge in [0.1, 0.15) is 0 Å². The number of nitrogens with one attached hydrogen (secondary N) is 1. The predicted octanol–water partition coefficient (Wildman–Crippen LogP) is 3.46. The smallest absolute Gasteiger partial charge is 0.160 e. The monoisotopic (exact) mass is 280 g/mol. The lowest BCUT2D eigenvalue weighted by Crippen LogP contribution is -2.49. The lowest BCUT2D eigenvalue weighted by atomic mass is 9.96. The summed E-state index contributed by atoms with van der Waals surface area (Å²) in [6.45, 7) is 3.24. The Morgan fingerprint density at radius 2 is 1.85 bits per heavy atom. The van der Waals surface area contributed by atoms with E-state index in [1.165, 1.54) is 12.1 Å². The number of rotatable bonds is 4. The van der Waals surface area contributed by atoms with Crippen LogP contribution in [0.1, 0.15) is 39.0 Å². The van der Waals surface area contributed by atoms with E-state index >= 15 is 0 Å². The van der Waals surface area contributed by atoms with Gasteiger partial charge in [-0.3, -0.25) is 0 Å². The first-order chi connectivity index (χ1) is 9.69. The Bertz CT molecular complexity index is 464. The van der Waals surface area contributed by atoms with Crippen molar-refractivity contribution < 1.29 is 8.78 Å². The van der Waals surface area contributed by atoms with Crippen LogP contribution in [0.4, 0.5) is 14.5 Å². The fourth-order valence-electron chi connectivity index (χ4n) is 3.76. The van der Waals surface area contributed by atoms with Crippen LogP contribution in [-0.2, 0) is 0 Å². The van der Waals surface area contributed by atoms with E-state index in [4.69, 9.17) is 0 Å². The number of benzene rings is 1. The van der Waals surface area contributed by atoms with Crippen molar-refractivity contribution in [2.45, 2.75) is 57.2 Å². The summed E-state index contributed by atoms with van der Waals surface area (Å²) in [5.74, 6) is -1.51. The van der Waals surface area contributed by atoms with Crippen molar-refractivity contribution in [3.05, 3.63) is 29.8 Å². The minimum atomic E-state index is -0.763. The Labute approximate surface area is 119 Å². The molecule has 0 aliphatic carbocycles. The van der Waals surface area contributed by atoms with Crippen LogP contribution in [0, 0.1) is 11.6 Å². The highest BCUT2D eigenvalue weighted by atomic mass is 19.2. The average Bonchev–Trinajstić information content (AvgIpc) is 2.71. The Morgan fingerprint density at radius 3 is 2.45 bits per heavy atom. The number of anilines is 1. The van der Waals surface area contributed by atoms with Gasteiger partial charge in [-0.2, -0.15) is 0 Å². The summed E-state index contributed by atoms with van der Waals surface area (Å²) in [5, 5.41) is 3.60. The Hall–Kier alpha value is -1.16. The maximum atomic E-state index is 13.4. The number of hydrogen-bond donors (Lipinski definition) is 1. The number of hydrogen-bond acceptors (Lipinski definition) is 2. The van der Waals surface area contributed by atoms with E-state index in [-0.39, 0.29) is 0 Å². The molecule has 1 N–H and O–H groups in total. The fourth-order valence-corrected chi connectivity index (χ4v) is 3.76. The number of fused-ring (bicyclic) bond motifs is 2. The van der Waals surface area contributed by atoms with Gasteiger partial charge in [-0.25, -0.2) is 8.78 Å². The first kappa shape index (κ1) is 13.8. The van der Waals surface area contributed by atoms with Gasteiger partial charge in [0.15, 0.2) is 11.6 Å². The van der Waals surface area contributed by atoms with Gasteiger partial charge in [0.05, 0.1) is 0 Å². The highest BCUT2D eigenvalue weighted by Gasteiger charge is 2.40. The summed E-state index contributed by atoms with van der Waals surface area (Å²) in [6.07, 6.45) is 5.69. The topological polar surface area (TPSA) is 15.3 Å². The molecule has 2 nitrogen and oxygen atoms in total. The first-order valence-corrected chi connectivity index (χ1v) is 7.65. The van der Waals surface area contributed by atoms with Gasteiger partial charge in [-0.15, -0.1) is 0 Å². The first-order valence-electron chi connectivity index (χ1n) is 7.65. The van der Waals surface area contributed by atoms with Crippen LogP contribution in [0.3, 0.4) is 0 Å². The summed E-state index contributed by atoms with van der Waals surface area (Å²) in [7, 11) is 0. The second-order valence-electron chi connectivity index (χ2n) is 6.01. The molecule has 110 valence electrons. The van der Waals surface area contributed by atoms with Crippen LogP contribution in [0.5, 0.6) is 0 Å². The predicted molar refractivity (Wildman–Crippen MR) is 77.0 cm³/mol. The quantitative estimate of drug-likeness (QED) is 0.908. The molecule has 2 fully saturated rings. The molecule has 1 aromatic rings. The molecule has 2 saturated heterocycles. The molecule has 0 amide bonds. The lowest BCUT2D eigenvalue weighted by molar-refractivity contribution is 0.356. The molecule has 0 spiro atoms. The zero-order chi connectivity index (χ0) is 14.1. The maximum absolute atomic E-state index is 13.4. The third kappa shape index (κ3) is 2.53. The SMILES string of the molecule is CCCNC1CC2CCC(C1)N2c1ccc(F)c(F)c1. The minimum absolute atomic E-state index is 0.466. The van der Waals surface area contributed by atoms with E-state index in [1.54, 1.807) is 6.07 Å². The minimum Gasteiger partial charge on any atom is -0.365 e. The van der Waals surface area contributed by atoms with Crippen LogP contribution in [0.15, 0.2) is 18.2 Å². The molecule has 2 heterocycles. The van der Waals surface area contributed by atoms with Crippen molar-refractivity contribution in [1.29, 1.82) is 0 Å². The van der Waals surface area contributed by atoms with E-state index in [0.29, 0.717) is 18.1 Å². The summed E-state index contributed by atoms with van der Waals surface area (Å²) >= 11 is 0. The zero-order valence-electron chi connectivity index (χ0n) is 11.9. The molecule has 2 atom stereocenters. The molecule has 0 radical (unpaired) electrons. The van der Waals surface area contributed by atoms with E-state index in [9.17, 15) is 8.78 Å². The van der Waals surface area contributed by atoms with Gasteiger partial charge in [0.25, 0.3) is 0 Å². The molecule has 2 aliphatic rings. The van der Waals surface area contributed by atoms with Gasteiger partial charge in [0.2, 0.25) is 0 Å². The molecule has 0 aromatic heterocycles. The number of piperidine rings is 1. The summed E-state index contributed by atoms with van der Waals surface area (Å²) in [6, 6.07) is 5.81. The highest BCUT2D eigenvalue weighted by molar-refractivity contribution is 5.51. The van der Waals surface area contributed by atoms with Crippen molar-refractivity contribution in [2.24, 2.45) is 0 Å². The average molecular weight is 280 g/mol. The second-order valence-corrected chi connectivity index (χ2v) is 6.01. The van der Waals surface area contributed by atoms with Crippen molar-refractivity contribution in [2.75, 3.05) is 11.4 Å². The van der Waals surface area contributed by atoms with Gasteiger partial charge in [0, 0.05) is 29.9 Å². The van der Waals surface area contributed by atoms with E-state index in [0.717, 1.165) is 44.3 Å². The van der Waals surface area contributed by atoms with Gasteiger partial charge < -0.3 is 10.2 Å². The van der Waals surface area contributed by atoms with Crippen LogP contribution >= 0.6 is 0 Å². The van der Waals surface area contributed by atoms with Gasteiger partial charge >= 0.3 is 0 Å². The van der Waals surface area contributed by atoms with Gasteiger partial charge in [-0.1, -0.05) is 6.92 Å². The van der Waals surface area contributed by atoms with Gasteiger partial charge in [-0.05, 0) is 50.8 Å². The fraction of sp³-hybridized carbons (Fsp3) is 0.625. The van der Waals surface area contributed by atoms with Crippen LogP contribution in [-0.4, -0.2) is 24.7 Å². The summed E-state index contributed by atoms with van der Waals surface area (Å²) < 4.78 is 26.5. The molecular weight excluding hydrogens is 258 g/mol. The molecule has 3 rings (SSSR count). The molecular formula is C16H22F2N2. The Morgan fingerprint density at radius 1 is 1.15 bits per heavy atom. The van der Waals surface area contributed by atoms with Crippen LogP contribution in [0.2, 0.25) is 0 Å². The molecule has 20 heavy (non-hydrogen) atoms. The van der Waals surface area contributed by atoms with Crippen molar-refractivity contribution in [1.82, 2.24) is 5.32 Å². The largest absolute Gasteiger partial charge is 0.365 e. The van der Waals surface area contributed by atoms with E-state index in [1.807, 2.05) is 0 Å².